The lowest BCUT2D eigenvalue weighted by molar-refractivity contribution is -0.147. The van der Waals surface area contributed by atoms with Crippen LogP contribution >= 0.6 is 0 Å². The van der Waals surface area contributed by atoms with Gasteiger partial charge in [-0.2, -0.15) is 0 Å². The number of unbranched alkanes of at least 4 members (excludes halogenated alkanes) is 1. The molecule has 0 saturated heterocycles. The average Bonchev–Trinajstić information content (AvgIpc) is 3.15. The van der Waals surface area contributed by atoms with Crippen molar-refractivity contribution in [3.8, 4) is 11.5 Å². The minimum Gasteiger partial charge on any atom is -0.481 e. The number of carbonyl (C=O) groups is 2. The molecule has 0 spiro atoms. The minimum atomic E-state index is -0.795. The van der Waals surface area contributed by atoms with Crippen molar-refractivity contribution in [1.29, 1.82) is 0 Å². The summed E-state index contributed by atoms with van der Waals surface area (Å²) in [7, 11) is 0. The Balaban J connectivity index is 1.81. The molecule has 6 heteroatoms. The van der Waals surface area contributed by atoms with Gasteiger partial charge in [-0.25, -0.2) is 0 Å². The maximum absolute atomic E-state index is 11.8. The first-order valence-corrected chi connectivity index (χ1v) is 9.88. The number of fused-ring (bicyclic) bond motifs is 1. The first-order chi connectivity index (χ1) is 14.0. The molecule has 1 N–H and O–H groups in total. The Kier molecular flexibility index (Phi) is 7.11. The van der Waals surface area contributed by atoms with Gasteiger partial charge in [0.25, 0.3) is 0 Å². The van der Waals surface area contributed by atoms with Crippen molar-refractivity contribution >= 4 is 11.9 Å². The number of carboxylic acid groups (broad SMARTS) is 1. The summed E-state index contributed by atoms with van der Waals surface area (Å²) in [6.07, 6.45) is 3.15. The van der Waals surface area contributed by atoms with E-state index in [1.54, 1.807) is 0 Å². The molecule has 154 valence electrons. The second-order valence-electron chi connectivity index (χ2n) is 7.13. The quantitative estimate of drug-likeness (QED) is 0.470. The molecule has 0 bridgehead atoms. The molecule has 2 aromatic rings. The van der Waals surface area contributed by atoms with Gasteiger partial charge in [0.1, 0.15) is 6.10 Å². The highest BCUT2D eigenvalue weighted by atomic mass is 16.7. The minimum absolute atomic E-state index is 0.140. The van der Waals surface area contributed by atoms with Crippen LogP contribution in [0.4, 0.5) is 0 Å². The fraction of sp³-hybridized carbons (Fsp3) is 0.391. The molecule has 1 atom stereocenters. The van der Waals surface area contributed by atoms with Gasteiger partial charge in [-0.05, 0) is 60.9 Å². The van der Waals surface area contributed by atoms with Gasteiger partial charge >= 0.3 is 11.9 Å². The van der Waals surface area contributed by atoms with Crippen molar-refractivity contribution in [2.75, 3.05) is 6.79 Å². The summed E-state index contributed by atoms with van der Waals surface area (Å²) in [6.45, 7) is 1.58. The molecular weight excluding hydrogens is 372 g/mol. The third kappa shape index (κ3) is 5.98. The van der Waals surface area contributed by atoms with Crippen LogP contribution in [0.25, 0.3) is 0 Å². The largest absolute Gasteiger partial charge is 0.481 e. The first kappa shape index (κ1) is 20.7. The van der Waals surface area contributed by atoms with Crippen molar-refractivity contribution in [2.45, 2.75) is 51.6 Å². The SMILES string of the molecule is CC(=O)OC(CCc1ccccc1)c1cc2c(cc1CCCCC(=O)O)OCO2. The molecule has 3 rings (SSSR count). The van der Waals surface area contributed by atoms with Crippen molar-refractivity contribution in [3.05, 3.63) is 59.2 Å². The molecule has 0 saturated carbocycles. The van der Waals surface area contributed by atoms with Crippen LogP contribution < -0.4 is 9.47 Å². The zero-order valence-corrected chi connectivity index (χ0v) is 16.6. The molecule has 2 aromatic carbocycles. The molecule has 0 aromatic heterocycles. The third-order valence-electron chi connectivity index (χ3n) is 4.91. The highest BCUT2D eigenvalue weighted by Gasteiger charge is 2.24. The fourth-order valence-corrected chi connectivity index (χ4v) is 3.53. The topological polar surface area (TPSA) is 82.1 Å². The van der Waals surface area contributed by atoms with Crippen LogP contribution in [-0.4, -0.2) is 23.8 Å². The zero-order valence-electron chi connectivity index (χ0n) is 16.6. The molecule has 0 radical (unpaired) electrons. The van der Waals surface area contributed by atoms with Crippen LogP contribution in [0.1, 0.15) is 55.4 Å². The number of aliphatic carboxylic acids is 1. The average molecular weight is 398 g/mol. The van der Waals surface area contributed by atoms with Crippen molar-refractivity contribution in [2.24, 2.45) is 0 Å². The van der Waals surface area contributed by atoms with Crippen molar-refractivity contribution in [3.63, 3.8) is 0 Å². The lowest BCUT2D eigenvalue weighted by Crippen LogP contribution is -2.12. The summed E-state index contributed by atoms with van der Waals surface area (Å²) >= 11 is 0. The number of esters is 1. The van der Waals surface area contributed by atoms with E-state index in [1.165, 1.54) is 12.5 Å². The molecule has 0 amide bonds. The maximum atomic E-state index is 11.8. The second-order valence-corrected chi connectivity index (χ2v) is 7.13. The number of hydrogen-bond acceptors (Lipinski definition) is 5. The van der Waals surface area contributed by atoms with Gasteiger partial charge in [0.05, 0.1) is 0 Å². The number of carbonyl (C=O) groups excluding carboxylic acids is 1. The molecule has 1 aliphatic rings. The van der Waals surface area contributed by atoms with Crippen LogP contribution in [0, 0.1) is 0 Å². The fourth-order valence-electron chi connectivity index (χ4n) is 3.53. The Morgan fingerprint density at radius 3 is 2.48 bits per heavy atom. The highest BCUT2D eigenvalue weighted by Crippen LogP contribution is 2.39. The molecule has 0 fully saturated rings. The number of hydrogen-bond donors (Lipinski definition) is 1. The van der Waals surface area contributed by atoms with E-state index in [9.17, 15) is 9.59 Å². The summed E-state index contributed by atoms with van der Waals surface area (Å²) in [5.74, 6) is 0.187. The first-order valence-electron chi connectivity index (χ1n) is 9.88. The number of rotatable bonds is 10. The van der Waals surface area contributed by atoms with E-state index in [-0.39, 0.29) is 19.2 Å². The maximum Gasteiger partial charge on any atom is 0.303 e. The molecule has 1 unspecified atom stereocenters. The van der Waals surface area contributed by atoms with Gasteiger partial charge in [0.2, 0.25) is 6.79 Å². The number of carboxylic acids is 1. The Labute approximate surface area is 170 Å². The van der Waals surface area contributed by atoms with Crippen LogP contribution in [0.15, 0.2) is 42.5 Å². The van der Waals surface area contributed by atoms with Crippen molar-refractivity contribution < 1.29 is 28.9 Å². The molecule has 0 aliphatic carbocycles. The van der Waals surface area contributed by atoms with E-state index >= 15 is 0 Å². The molecular formula is C23H26O6. The van der Waals surface area contributed by atoms with E-state index < -0.39 is 12.1 Å². The van der Waals surface area contributed by atoms with Gasteiger partial charge in [-0.3, -0.25) is 9.59 Å². The Morgan fingerprint density at radius 1 is 1.07 bits per heavy atom. The smallest absolute Gasteiger partial charge is 0.303 e. The van der Waals surface area contributed by atoms with Gasteiger partial charge < -0.3 is 19.3 Å². The van der Waals surface area contributed by atoms with E-state index in [1.807, 2.05) is 30.3 Å². The van der Waals surface area contributed by atoms with Gasteiger partial charge in [-0.15, -0.1) is 0 Å². The third-order valence-corrected chi connectivity index (χ3v) is 4.91. The lowest BCUT2D eigenvalue weighted by atomic mass is 9.93. The van der Waals surface area contributed by atoms with E-state index in [4.69, 9.17) is 19.3 Å². The molecule has 6 nitrogen and oxygen atoms in total. The summed E-state index contributed by atoms with van der Waals surface area (Å²) in [5.41, 5.74) is 3.07. The summed E-state index contributed by atoms with van der Waals surface area (Å²) in [5, 5.41) is 8.86. The number of benzene rings is 2. The Morgan fingerprint density at radius 2 is 1.79 bits per heavy atom. The summed E-state index contributed by atoms with van der Waals surface area (Å²) in [6, 6.07) is 13.9. The van der Waals surface area contributed by atoms with Crippen molar-refractivity contribution in [1.82, 2.24) is 0 Å². The predicted octanol–water partition coefficient (Wildman–Crippen LogP) is 4.45. The van der Waals surface area contributed by atoms with Crippen LogP contribution in [-0.2, 0) is 27.2 Å². The van der Waals surface area contributed by atoms with E-state index in [0.717, 1.165) is 24.0 Å². The molecule has 1 aliphatic heterocycles. The Hall–Kier alpha value is -3.02. The van der Waals surface area contributed by atoms with E-state index in [2.05, 4.69) is 12.1 Å². The summed E-state index contributed by atoms with van der Waals surface area (Å²) < 4.78 is 16.7. The summed E-state index contributed by atoms with van der Waals surface area (Å²) in [4.78, 5) is 22.6. The monoisotopic (exact) mass is 398 g/mol. The van der Waals surface area contributed by atoms with Crippen LogP contribution in [0.2, 0.25) is 0 Å². The number of ether oxygens (including phenoxy) is 3. The van der Waals surface area contributed by atoms with Crippen LogP contribution in [0.5, 0.6) is 11.5 Å². The molecule has 1 heterocycles. The zero-order chi connectivity index (χ0) is 20.6. The highest BCUT2D eigenvalue weighted by molar-refractivity contribution is 5.67. The van der Waals surface area contributed by atoms with E-state index in [0.29, 0.717) is 30.8 Å². The van der Waals surface area contributed by atoms with Gasteiger partial charge in [0, 0.05) is 13.3 Å². The van der Waals surface area contributed by atoms with Gasteiger partial charge in [0.15, 0.2) is 11.5 Å². The standard InChI is InChI=1S/C23H26O6/c1-16(24)29-20(12-11-17-7-3-2-4-8-17)19-14-22-21(27-15-28-22)13-18(19)9-5-6-10-23(25)26/h2-4,7-8,13-14,20H,5-6,9-12,15H2,1H3,(H,25,26). The second kappa shape index (κ2) is 9.96. The lowest BCUT2D eigenvalue weighted by Gasteiger charge is -2.21. The normalized spacial score (nSPS) is 13.1. The Bertz CT molecular complexity index is 846. The molecule has 29 heavy (non-hydrogen) atoms. The predicted molar refractivity (Wildman–Crippen MR) is 107 cm³/mol. The number of aryl methyl sites for hydroxylation is 2. The van der Waals surface area contributed by atoms with Gasteiger partial charge in [-0.1, -0.05) is 30.3 Å². The van der Waals surface area contributed by atoms with Crippen LogP contribution in [0.3, 0.4) is 0 Å².